The van der Waals surface area contributed by atoms with Gasteiger partial charge in [-0.05, 0) is 37.8 Å². The molecular weight excluding hydrogens is 412 g/mol. The van der Waals surface area contributed by atoms with E-state index in [1.165, 1.54) is 0 Å². The van der Waals surface area contributed by atoms with Crippen LogP contribution in [0.5, 0.6) is 0 Å². The zero-order chi connectivity index (χ0) is 22.6. The molecule has 31 heavy (non-hydrogen) atoms. The smallest absolute Gasteiger partial charge is 0.241 e. The molecule has 6 nitrogen and oxygen atoms in total. The number of nitrogens with one attached hydrogen (secondary N) is 1. The maximum atomic E-state index is 13.2. The SMILES string of the molecule is Cc1ccc(S(=O)(=O)N[C@H](C(=O)N2CCC(C(=O)c3ccccc3)CC2)C(C)C)cc1. The molecule has 0 aromatic heterocycles. The largest absolute Gasteiger partial charge is 0.341 e. The fourth-order valence-electron chi connectivity index (χ4n) is 3.82. The molecule has 1 N–H and O–H groups in total. The number of nitrogens with zero attached hydrogens (tertiary/aromatic N) is 1. The van der Waals surface area contributed by atoms with Crippen LogP contribution >= 0.6 is 0 Å². The van der Waals surface area contributed by atoms with Crippen LogP contribution in [0, 0.1) is 18.8 Å². The minimum atomic E-state index is -3.82. The highest BCUT2D eigenvalue weighted by Gasteiger charge is 2.34. The van der Waals surface area contributed by atoms with Crippen molar-refractivity contribution in [2.45, 2.75) is 44.6 Å². The van der Waals surface area contributed by atoms with E-state index in [1.54, 1.807) is 29.2 Å². The number of carbonyl (C=O) groups is 2. The van der Waals surface area contributed by atoms with Crippen LogP contribution in [-0.4, -0.2) is 44.1 Å². The third-order valence-corrected chi connectivity index (χ3v) is 7.24. The second-order valence-electron chi connectivity index (χ2n) is 8.49. The number of aryl methyl sites for hydroxylation is 1. The minimum absolute atomic E-state index is 0.105. The van der Waals surface area contributed by atoms with Crippen molar-refractivity contribution in [3.8, 4) is 0 Å². The van der Waals surface area contributed by atoms with E-state index in [9.17, 15) is 18.0 Å². The van der Waals surface area contributed by atoms with Crippen LogP contribution < -0.4 is 4.72 Å². The lowest BCUT2D eigenvalue weighted by Crippen LogP contribution is -2.53. The zero-order valence-electron chi connectivity index (χ0n) is 18.2. The van der Waals surface area contributed by atoms with E-state index >= 15 is 0 Å². The van der Waals surface area contributed by atoms with E-state index < -0.39 is 16.1 Å². The molecule has 0 aliphatic carbocycles. The molecule has 1 aliphatic rings. The first kappa shape index (κ1) is 23.2. The second kappa shape index (κ2) is 9.75. The standard InChI is InChI=1S/C24H30N2O4S/c1-17(2)22(25-31(29,30)21-11-9-18(3)10-12-21)24(28)26-15-13-20(14-16-26)23(27)19-7-5-4-6-8-19/h4-12,17,20,22,25H,13-16H2,1-3H3/t22-/m0/s1. The summed E-state index contributed by atoms with van der Waals surface area (Å²) in [6, 6.07) is 14.9. The third kappa shape index (κ3) is 5.60. The fraction of sp³-hybridized carbons (Fsp3) is 0.417. The topological polar surface area (TPSA) is 83.6 Å². The van der Waals surface area contributed by atoms with Crippen molar-refractivity contribution >= 4 is 21.7 Å². The predicted molar refractivity (Wildman–Crippen MR) is 120 cm³/mol. The summed E-state index contributed by atoms with van der Waals surface area (Å²) in [4.78, 5) is 27.7. The molecule has 1 amide bonds. The van der Waals surface area contributed by atoms with Gasteiger partial charge in [0.05, 0.1) is 4.90 Å². The predicted octanol–water partition coefficient (Wildman–Crippen LogP) is 3.42. The van der Waals surface area contributed by atoms with E-state index in [0.29, 0.717) is 31.5 Å². The molecule has 1 saturated heterocycles. The fourth-order valence-corrected chi connectivity index (χ4v) is 5.16. The Kier molecular flexibility index (Phi) is 7.28. The van der Waals surface area contributed by atoms with Gasteiger partial charge in [-0.15, -0.1) is 0 Å². The van der Waals surface area contributed by atoms with Gasteiger partial charge in [0.15, 0.2) is 5.78 Å². The summed E-state index contributed by atoms with van der Waals surface area (Å²) in [6.07, 6.45) is 1.16. The lowest BCUT2D eigenvalue weighted by Gasteiger charge is -2.35. The third-order valence-electron chi connectivity index (χ3n) is 5.78. The van der Waals surface area contributed by atoms with Gasteiger partial charge < -0.3 is 4.90 Å². The van der Waals surface area contributed by atoms with Crippen LogP contribution in [0.1, 0.15) is 42.6 Å². The Labute approximate surface area is 184 Å². The van der Waals surface area contributed by atoms with Gasteiger partial charge in [-0.25, -0.2) is 8.42 Å². The Hall–Kier alpha value is -2.51. The minimum Gasteiger partial charge on any atom is -0.341 e. The molecule has 0 radical (unpaired) electrons. The van der Waals surface area contributed by atoms with Gasteiger partial charge in [0, 0.05) is 24.6 Å². The summed E-state index contributed by atoms with van der Waals surface area (Å²) in [7, 11) is -3.82. The first-order chi connectivity index (χ1) is 14.7. The number of rotatable bonds is 7. The van der Waals surface area contributed by atoms with Crippen molar-refractivity contribution in [3.63, 3.8) is 0 Å². The van der Waals surface area contributed by atoms with Gasteiger partial charge in [-0.1, -0.05) is 61.9 Å². The van der Waals surface area contributed by atoms with Gasteiger partial charge in [0.1, 0.15) is 6.04 Å². The van der Waals surface area contributed by atoms with Gasteiger partial charge in [-0.2, -0.15) is 4.72 Å². The molecule has 0 bridgehead atoms. The normalized spacial score (nSPS) is 16.3. The summed E-state index contributed by atoms with van der Waals surface area (Å²) in [5.41, 5.74) is 1.65. The number of likely N-dealkylation sites (tertiary alicyclic amines) is 1. The summed E-state index contributed by atoms with van der Waals surface area (Å²) in [5, 5.41) is 0. The number of ketones is 1. The zero-order valence-corrected chi connectivity index (χ0v) is 19.1. The Bertz CT molecular complexity index is 1010. The summed E-state index contributed by atoms with van der Waals surface area (Å²) in [6.45, 7) is 6.42. The van der Waals surface area contributed by atoms with Gasteiger partial charge in [0.25, 0.3) is 0 Å². The molecule has 0 saturated carbocycles. The molecule has 2 aromatic rings. The second-order valence-corrected chi connectivity index (χ2v) is 10.2. The van der Waals surface area contributed by atoms with E-state index in [4.69, 9.17) is 0 Å². The first-order valence-corrected chi connectivity index (χ1v) is 12.1. The molecule has 1 aliphatic heterocycles. The van der Waals surface area contributed by atoms with Crippen LogP contribution in [0.2, 0.25) is 0 Å². The Morgan fingerprint density at radius 2 is 1.55 bits per heavy atom. The number of sulfonamides is 1. The molecule has 0 spiro atoms. The number of hydrogen-bond acceptors (Lipinski definition) is 4. The van der Waals surface area contributed by atoms with Crippen LogP contribution in [0.3, 0.4) is 0 Å². The van der Waals surface area contributed by atoms with E-state index in [2.05, 4.69) is 4.72 Å². The highest BCUT2D eigenvalue weighted by atomic mass is 32.2. The van der Waals surface area contributed by atoms with Crippen LogP contribution in [0.25, 0.3) is 0 Å². The van der Waals surface area contributed by atoms with Gasteiger partial charge >= 0.3 is 0 Å². The molecular formula is C24H30N2O4S. The summed E-state index contributed by atoms with van der Waals surface area (Å²) >= 11 is 0. The maximum Gasteiger partial charge on any atom is 0.241 e. The number of benzene rings is 2. The highest BCUT2D eigenvalue weighted by Crippen LogP contribution is 2.23. The molecule has 2 aromatic carbocycles. The lowest BCUT2D eigenvalue weighted by atomic mass is 9.88. The highest BCUT2D eigenvalue weighted by molar-refractivity contribution is 7.89. The number of amides is 1. The number of hydrogen-bond donors (Lipinski definition) is 1. The molecule has 166 valence electrons. The lowest BCUT2D eigenvalue weighted by molar-refractivity contribution is -0.135. The van der Waals surface area contributed by atoms with Gasteiger partial charge in [0.2, 0.25) is 15.9 Å². The quantitative estimate of drug-likeness (QED) is 0.666. The molecule has 0 unspecified atom stereocenters. The van der Waals surface area contributed by atoms with E-state index in [-0.39, 0.29) is 28.4 Å². The number of carbonyl (C=O) groups excluding carboxylic acids is 2. The maximum absolute atomic E-state index is 13.2. The van der Waals surface area contributed by atoms with Crippen molar-refractivity contribution < 1.29 is 18.0 Å². The van der Waals surface area contributed by atoms with E-state index in [1.807, 2.05) is 51.1 Å². The Morgan fingerprint density at radius 1 is 0.968 bits per heavy atom. The molecule has 7 heteroatoms. The molecule has 3 rings (SSSR count). The summed E-state index contributed by atoms with van der Waals surface area (Å²) < 4.78 is 28.2. The monoisotopic (exact) mass is 442 g/mol. The molecule has 1 fully saturated rings. The van der Waals surface area contributed by atoms with Crippen LogP contribution in [0.15, 0.2) is 59.5 Å². The first-order valence-electron chi connectivity index (χ1n) is 10.7. The van der Waals surface area contributed by atoms with E-state index in [0.717, 1.165) is 5.56 Å². The van der Waals surface area contributed by atoms with Crippen LogP contribution in [0.4, 0.5) is 0 Å². The molecule has 1 heterocycles. The Morgan fingerprint density at radius 3 is 2.10 bits per heavy atom. The average molecular weight is 443 g/mol. The van der Waals surface area contributed by atoms with Crippen molar-refractivity contribution in [2.75, 3.05) is 13.1 Å². The number of Topliss-reactive ketones (excluding diaryl/α,β-unsaturated/α-hetero) is 1. The van der Waals surface area contributed by atoms with Crippen molar-refractivity contribution in [1.82, 2.24) is 9.62 Å². The number of piperidine rings is 1. The summed E-state index contributed by atoms with van der Waals surface area (Å²) in [5.74, 6) is -0.464. The average Bonchev–Trinajstić information content (AvgIpc) is 2.77. The Balaban J connectivity index is 1.66. The van der Waals surface area contributed by atoms with Gasteiger partial charge in [-0.3, -0.25) is 9.59 Å². The molecule has 1 atom stereocenters. The van der Waals surface area contributed by atoms with Crippen molar-refractivity contribution in [2.24, 2.45) is 11.8 Å². The van der Waals surface area contributed by atoms with Crippen molar-refractivity contribution in [3.05, 3.63) is 65.7 Å². The van der Waals surface area contributed by atoms with Crippen LogP contribution in [-0.2, 0) is 14.8 Å². The van der Waals surface area contributed by atoms with Crippen molar-refractivity contribution in [1.29, 1.82) is 0 Å².